The average Bonchev–Trinajstić information content (AvgIpc) is 3.16. The van der Waals surface area contributed by atoms with Crippen LogP contribution in [0.4, 0.5) is 0 Å². The molecule has 3 aromatic heterocycles. The van der Waals surface area contributed by atoms with Gasteiger partial charge >= 0.3 is 0 Å². The molecular formula is C13H11N3OS2. The van der Waals surface area contributed by atoms with Gasteiger partial charge in [0, 0.05) is 12.4 Å². The van der Waals surface area contributed by atoms with Gasteiger partial charge in [-0.15, -0.1) is 22.7 Å². The van der Waals surface area contributed by atoms with Crippen molar-refractivity contribution in [1.82, 2.24) is 4.68 Å². The molecule has 96 valence electrons. The first-order valence-electron chi connectivity index (χ1n) is 5.63. The summed E-state index contributed by atoms with van der Waals surface area (Å²) in [7, 11) is 1.77. The molecule has 0 unspecified atom stereocenters. The first-order chi connectivity index (χ1) is 9.38. The van der Waals surface area contributed by atoms with Gasteiger partial charge < -0.3 is 4.42 Å². The molecule has 3 rings (SSSR count). The summed E-state index contributed by atoms with van der Waals surface area (Å²) in [5.74, 6) is 0.720. The van der Waals surface area contributed by atoms with Crippen LogP contribution in [-0.2, 0) is 0 Å². The van der Waals surface area contributed by atoms with Crippen LogP contribution >= 0.6 is 22.7 Å². The Morgan fingerprint density at radius 2 is 2.21 bits per heavy atom. The highest BCUT2D eigenvalue weighted by Crippen LogP contribution is 2.24. The van der Waals surface area contributed by atoms with Gasteiger partial charge in [0.1, 0.15) is 5.76 Å². The van der Waals surface area contributed by atoms with E-state index in [1.807, 2.05) is 22.9 Å². The highest BCUT2D eigenvalue weighted by molar-refractivity contribution is 7.14. The average molecular weight is 289 g/mol. The third-order valence-corrected chi connectivity index (χ3v) is 4.29. The summed E-state index contributed by atoms with van der Waals surface area (Å²) in [6.07, 6.45) is 3.32. The summed E-state index contributed by atoms with van der Waals surface area (Å²) in [6.45, 7) is 0. The lowest BCUT2D eigenvalue weighted by Gasteiger charge is -1.99. The van der Waals surface area contributed by atoms with Crippen LogP contribution in [0.5, 0.6) is 0 Å². The highest BCUT2D eigenvalue weighted by atomic mass is 32.1. The molecule has 0 aliphatic carbocycles. The molecular weight excluding hydrogens is 278 g/mol. The number of aromatic nitrogens is 1. The minimum Gasteiger partial charge on any atom is -0.463 e. The topological polar surface area (TPSA) is 42.8 Å². The van der Waals surface area contributed by atoms with E-state index in [2.05, 4.69) is 26.9 Å². The summed E-state index contributed by atoms with van der Waals surface area (Å²) >= 11 is 3.25. The van der Waals surface area contributed by atoms with Crippen molar-refractivity contribution in [1.29, 1.82) is 0 Å². The Hall–Kier alpha value is -1.92. The van der Waals surface area contributed by atoms with E-state index < -0.39 is 0 Å². The third kappa shape index (κ3) is 2.45. The number of thiophene rings is 1. The van der Waals surface area contributed by atoms with E-state index in [-0.39, 0.29) is 0 Å². The van der Waals surface area contributed by atoms with Gasteiger partial charge in [-0.1, -0.05) is 6.07 Å². The van der Waals surface area contributed by atoms with Gasteiger partial charge in [0.2, 0.25) is 4.80 Å². The molecule has 0 aliphatic rings. The lowest BCUT2D eigenvalue weighted by molar-refractivity contribution is 0.559. The Kier molecular flexibility index (Phi) is 3.43. The van der Waals surface area contributed by atoms with E-state index in [0.29, 0.717) is 0 Å². The van der Waals surface area contributed by atoms with E-state index in [0.717, 1.165) is 16.3 Å². The summed E-state index contributed by atoms with van der Waals surface area (Å²) in [6, 6.07) is 7.81. The first-order valence-corrected chi connectivity index (χ1v) is 7.39. The van der Waals surface area contributed by atoms with E-state index in [9.17, 15) is 0 Å². The predicted octanol–water partition coefficient (Wildman–Crippen LogP) is 3.28. The number of hydrogen-bond donors (Lipinski definition) is 0. The zero-order valence-corrected chi connectivity index (χ0v) is 11.8. The quantitative estimate of drug-likeness (QED) is 0.682. The molecule has 0 bridgehead atoms. The second kappa shape index (κ2) is 5.38. The van der Waals surface area contributed by atoms with Crippen LogP contribution in [0.25, 0.3) is 10.6 Å². The maximum Gasteiger partial charge on any atom is 0.205 e. The number of thiazole rings is 1. The molecule has 0 saturated carbocycles. The Balaban J connectivity index is 2.06. The number of nitrogens with zero attached hydrogens (tertiary/aromatic N) is 3. The third-order valence-electron chi connectivity index (χ3n) is 2.49. The Morgan fingerprint density at radius 1 is 1.26 bits per heavy atom. The molecule has 6 heteroatoms. The molecule has 0 amide bonds. The monoisotopic (exact) mass is 289 g/mol. The minimum atomic E-state index is 0.720. The normalized spacial score (nSPS) is 12.6. The molecule has 0 aromatic carbocycles. The largest absolute Gasteiger partial charge is 0.463 e. The second-order valence-corrected chi connectivity index (χ2v) is 5.46. The van der Waals surface area contributed by atoms with Gasteiger partial charge in [0.15, 0.2) is 0 Å². The van der Waals surface area contributed by atoms with Crippen molar-refractivity contribution in [2.24, 2.45) is 10.1 Å². The highest BCUT2D eigenvalue weighted by Gasteiger charge is 2.07. The van der Waals surface area contributed by atoms with Gasteiger partial charge in [-0.25, -0.2) is 4.68 Å². The zero-order chi connectivity index (χ0) is 13.1. The Labute approximate surface area is 118 Å². The first kappa shape index (κ1) is 12.1. The minimum absolute atomic E-state index is 0.720. The van der Waals surface area contributed by atoms with E-state index >= 15 is 0 Å². The summed E-state index contributed by atoms with van der Waals surface area (Å²) in [5, 5.41) is 8.57. The molecule has 19 heavy (non-hydrogen) atoms. The molecule has 3 aromatic rings. The van der Waals surface area contributed by atoms with Crippen LogP contribution in [0.1, 0.15) is 5.76 Å². The lowest BCUT2D eigenvalue weighted by Crippen LogP contribution is -2.11. The van der Waals surface area contributed by atoms with Crippen LogP contribution in [0.15, 0.2) is 55.8 Å². The number of hydrogen-bond acceptors (Lipinski definition) is 5. The fourth-order valence-corrected chi connectivity index (χ4v) is 3.23. The van der Waals surface area contributed by atoms with Gasteiger partial charge in [0.05, 0.1) is 23.0 Å². The van der Waals surface area contributed by atoms with Crippen LogP contribution < -0.4 is 4.80 Å². The molecule has 3 heterocycles. The second-order valence-electron chi connectivity index (χ2n) is 3.68. The molecule has 0 aliphatic heterocycles. The maximum absolute atomic E-state index is 5.25. The van der Waals surface area contributed by atoms with Gasteiger partial charge in [-0.05, 0) is 23.6 Å². The maximum atomic E-state index is 5.25. The van der Waals surface area contributed by atoms with Crippen molar-refractivity contribution in [3.8, 4) is 10.6 Å². The zero-order valence-electron chi connectivity index (χ0n) is 10.2. The molecule has 4 nitrogen and oxygen atoms in total. The fraction of sp³-hybridized carbons (Fsp3) is 0.0769. The van der Waals surface area contributed by atoms with Crippen molar-refractivity contribution < 1.29 is 4.42 Å². The van der Waals surface area contributed by atoms with E-state index in [1.165, 1.54) is 4.88 Å². The summed E-state index contributed by atoms with van der Waals surface area (Å²) in [4.78, 5) is 6.26. The van der Waals surface area contributed by atoms with Crippen LogP contribution in [0, 0.1) is 0 Å². The SMILES string of the molecule is CN=c1scc(-c2cccs2)n1/N=C\c1ccco1. The van der Waals surface area contributed by atoms with Crippen LogP contribution in [0.2, 0.25) is 0 Å². The fourth-order valence-electron chi connectivity index (χ4n) is 1.64. The molecule has 0 saturated heterocycles. The van der Waals surface area contributed by atoms with Crippen molar-refractivity contribution in [3.05, 3.63) is 51.9 Å². The van der Waals surface area contributed by atoms with E-state index in [4.69, 9.17) is 4.42 Å². The molecule has 0 fully saturated rings. The molecule has 0 radical (unpaired) electrons. The lowest BCUT2D eigenvalue weighted by atomic mass is 10.4. The Bertz CT molecular complexity index is 733. The van der Waals surface area contributed by atoms with Gasteiger partial charge in [-0.2, -0.15) is 5.10 Å². The molecule has 0 atom stereocenters. The van der Waals surface area contributed by atoms with E-state index in [1.54, 1.807) is 42.2 Å². The standard InChI is InChI=1S/C13H11N3OS2/c1-14-13-16(15-8-10-4-2-6-17-10)11(9-19-13)12-5-3-7-18-12/h2-9H,1H3/b14-13?,15-8-. The molecule has 0 N–H and O–H groups in total. The van der Waals surface area contributed by atoms with Gasteiger partial charge in [-0.3, -0.25) is 4.99 Å². The predicted molar refractivity (Wildman–Crippen MR) is 78.8 cm³/mol. The summed E-state index contributed by atoms with van der Waals surface area (Å²) < 4.78 is 7.08. The van der Waals surface area contributed by atoms with Crippen molar-refractivity contribution in [2.75, 3.05) is 7.05 Å². The number of rotatable bonds is 3. The Morgan fingerprint density at radius 3 is 2.89 bits per heavy atom. The summed E-state index contributed by atoms with van der Waals surface area (Å²) in [5.41, 5.74) is 1.04. The van der Waals surface area contributed by atoms with Crippen LogP contribution in [0.3, 0.4) is 0 Å². The van der Waals surface area contributed by atoms with Crippen molar-refractivity contribution in [3.63, 3.8) is 0 Å². The smallest absolute Gasteiger partial charge is 0.205 e. The van der Waals surface area contributed by atoms with Crippen LogP contribution in [-0.4, -0.2) is 17.9 Å². The number of furan rings is 1. The van der Waals surface area contributed by atoms with Crippen molar-refractivity contribution >= 4 is 28.9 Å². The van der Waals surface area contributed by atoms with Gasteiger partial charge in [0.25, 0.3) is 0 Å². The molecule has 0 spiro atoms. The van der Waals surface area contributed by atoms with Crippen molar-refractivity contribution in [2.45, 2.75) is 0 Å².